The van der Waals surface area contributed by atoms with E-state index >= 15 is 0 Å². The van der Waals surface area contributed by atoms with E-state index in [1.807, 2.05) is 0 Å². The number of rotatable bonds is 1. The van der Waals surface area contributed by atoms with E-state index in [0.29, 0.717) is 0 Å². The molecule has 4 heteroatoms. The second kappa shape index (κ2) is 1.96. The molecule has 2 rings (SSSR count). The summed E-state index contributed by atoms with van der Waals surface area (Å²) in [5.41, 5.74) is 5.45. The van der Waals surface area contributed by atoms with Crippen LogP contribution in [0.25, 0.3) is 0 Å². The van der Waals surface area contributed by atoms with Gasteiger partial charge in [0.2, 0.25) is 0 Å². The third kappa shape index (κ3) is 0.895. The normalized spacial score (nSPS) is 21.2. The van der Waals surface area contributed by atoms with Gasteiger partial charge in [0.25, 0.3) is 0 Å². The van der Waals surface area contributed by atoms with Crippen molar-refractivity contribution in [3.63, 3.8) is 0 Å². The molecule has 1 fully saturated rings. The number of hydrogen-bond acceptors (Lipinski definition) is 4. The Labute approximate surface area is 64.8 Å². The van der Waals surface area contributed by atoms with Crippen LogP contribution < -0.4 is 5.73 Å². The van der Waals surface area contributed by atoms with Gasteiger partial charge in [0.15, 0.2) is 5.82 Å². The Bertz CT molecular complexity index is 264. The van der Waals surface area contributed by atoms with Gasteiger partial charge in [0.05, 0.1) is 0 Å². The largest absolute Gasteiger partial charge is 0.351 e. The Morgan fingerprint density at radius 2 is 2.27 bits per heavy atom. The van der Waals surface area contributed by atoms with Gasteiger partial charge >= 0.3 is 6.01 Å². The second-order valence-corrected chi connectivity index (χ2v) is 3.37. The molecular formula is C7H11N3O. The lowest BCUT2D eigenvalue weighted by atomic mass is 9.70. The van der Waals surface area contributed by atoms with E-state index < -0.39 is 0 Å². The minimum Gasteiger partial charge on any atom is -0.351 e. The highest BCUT2D eigenvalue weighted by Crippen LogP contribution is 2.41. The third-order valence-corrected chi connectivity index (χ3v) is 2.44. The maximum absolute atomic E-state index is 5.31. The van der Waals surface area contributed by atoms with Crippen LogP contribution in [-0.2, 0) is 5.41 Å². The number of nitrogen functional groups attached to an aromatic ring is 1. The van der Waals surface area contributed by atoms with Gasteiger partial charge in [-0.2, -0.15) is 4.98 Å². The van der Waals surface area contributed by atoms with Crippen LogP contribution in [0.1, 0.15) is 32.0 Å². The van der Waals surface area contributed by atoms with Gasteiger partial charge in [-0.15, -0.1) is 0 Å². The van der Waals surface area contributed by atoms with Crippen LogP contribution in [0.5, 0.6) is 0 Å². The molecule has 1 aliphatic carbocycles. The van der Waals surface area contributed by atoms with E-state index in [0.717, 1.165) is 18.7 Å². The Balaban J connectivity index is 2.28. The third-order valence-electron chi connectivity index (χ3n) is 2.44. The fraction of sp³-hybridized carbons (Fsp3) is 0.714. The molecule has 0 spiro atoms. The lowest BCUT2D eigenvalue weighted by Crippen LogP contribution is -2.31. The monoisotopic (exact) mass is 153 g/mol. The van der Waals surface area contributed by atoms with Crippen molar-refractivity contribution >= 4 is 6.01 Å². The first kappa shape index (κ1) is 6.64. The van der Waals surface area contributed by atoms with Crippen LogP contribution in [0, 0.1) is 0 Å². The first-order valence-corrected chi connectivity index (χ1v) is 3.80. The summed E-state index contributed by atoms with van der Waals surface area (Å²) in [7, 11) is 0. The quantitative estimate of drug-likeness (QED) is 0.656. The number of nitrogens with zero attached hydrogens (tertiary/aromatic N) is 2. The first-order chi connectivity index (χ1) is 5.21. The van der Waals surface area contributed by atoms with E-state index in [2.05, 4.69) is 17.1 Å². The molecular weight excluding hydrogens is 142 g/mol. The zero-order valence-corrected chi connectivity index (χ0v) is 6.50. The summed E-state index contributed by atoms with van der Waals surface area (Å²) in [6.07, 6.45) is 3.54. The maximum Gasteiger partial charge on any atom is 0.318 e. The van der Waals surface area contributed by atoms with Crippen molar-refractivity contribution in [2.75, 3.05) is 5.73 Å². The summed E-state index contributed by atoms with van der Waals surface area (Å²) in [6, 6.07) is 0.174. The SMILES string of the molecule is CC1(c2noc(N)n2)CCC1. The van der Waals surface area contributed by atoms with Gasteiger partial charge in [0.1, 0.15) is 0 Å². The van der Waals surface area contributed by atoms with E-state index in [-0.39, 0.29) is 11.4 Å². The summed E-state index contributed by atoms with van der Waals surface area (Å²) in [5.74, 6) is 0.765. The van der Waals surface area contributed by atoms with Crippen molar-refractivity contribution < 1.29 is 4.52 Å². The van der Waals surface area contributed by atoms with Crippen LogP contribution >= 0.6 is 0 Å². The fourth-order valence-electron chi connectivity index (χ4n) is 1.41. The van der Waals surface area contributed by atoms with E-state index in [1.54, 1.807) is 0 Å². The molecule has 60 valence electrons. The summed E-state index contributed by atoms with van der Waals surface area (Å²) < 4.78 is 4.70. The van der Waals surface area contributed by atoms with Crippen molar-refractivity contribution in [1.82, 2.24) is 10.1 Å². The summed E-state index contributed by atoms with van der Waals surface area (Å²) in [5, 5.41) is 3.80. The molecule has 0 aromatic carbocycles. The van der Waals surface area contributed by atoms with Crippen molar-refractivity contribution in [1.29, 1.82) is 0 Å². The predicted molar refractivity (Wildman–Crippen MR) is 39.9 cm³/mol. The highest BCUT2D eigenvalue weighted by Gasteiger charge is 2.37. The van der Waals surface area contributed by atoms with Crippen LogP contribution in [0.3, 0.4) is 0 Å². The smallest absolute Gasteiger partial charge is 0.318 e. The standard InChI is InChI=1S/C7H11N3O/c1-7(3-2-4-7)5-9-6(8)11-10-5/h2-4H2,1H3,(H2,8,9,10). The van der Waals surface area contributed by atoms with Crippen molar-refractivity contribution in [2.24, 2.45) is 0 Å². The van der Waals surface area contributed by atoms with Gasteiger partial charge in [0, 0.05) is 5.41 Å². The van der Waals surface area contributed by atoms with Crippen molar-refractivity contribution in [3.05, 3.63) is 5.82 Å². The Hall–Kier alpha value is -1.06. The highest BCUT2D eigenvalue weighted by atomic mass is 16.5. The molecule has 0 unspecified atom stereocenters. The molecule has 0 atom stereocenters. The van der Waals surface area contributed by atoms with Crippen LogP contribution in [-0.4, -0.2) is 10.1 Å². The number of hydrogen-bond donors (Lipinski definition) is 1. The molecule has 2 N–H and O–H groups in total. The first-order valence-electron chi connectivity index (χ1n) is 3.80. The van der Waals surface area contributed by atoms with Gasteiger partial charge in [-0.1, -0.05) is 18.5 Å². The van der Waals surface area contributed by atoms with Crippen LogP contribution in [0.15, 0.2) is 4.52 Å². The average Bonchev–Trinajstić information content (AvgIpc) is 2.31. The minimum absolute atomic E-state index is 0.140. The number of nitrogens with two attached hydrogens (primary N) is 1. The molecule has 4 nitrogen and oxygen atoms in total. The van der Waals surface area contributed by atoms with E-state index in [1.165, 1.54) is 6.42 Å². The number of anilines is 1. The lowest BCUT2D eigenvalue weighted by Gasteiger charge is -2.34. The molecule has 0 aliphatic heterocycles. The second-order valence-electron chi connectivity index (χ2n) is 3.37. The maximum atomic E-state index is 5.31. The average molecular weight is 153 g/mol. The molecule has 0 amide bonds. The molecule has 1 heterocycles. The predicted octanol–water partition coefficient (Wildman–Crippen LogP) is 1.09. The molecule has 1 saturated carbocycles. The summed E-state index contributed by atoms with van der Waals surface area (Å²) in [6.45, 7) is 2.14. The zero-order chi connectivity index (χ0) is 7.90. The Kier molecular flexibility index (Phi) is 1.19. The van der Waals surface area contributed by atoms with E-state index in [9.17, 15) is 0 Å². The van der Waals surface area contributed by atoms with Gasteiger partial charge in [-0.3, -0.25) is 0 Å². The molecule has 0 radical (unpaired) electrons. The topological polar surface area (TPSA) is 64.9 Å². The molecule has 1 aliphatic rings. The lowest BCUT2D eigenvalue weighted by molar-refractivity contribution is 0.246. The fourth-order valence-corrected chi connectivity index (χ4v) is 1.41. The summed E-state index contributed by atoms with van der Waals surface area (Å²) in [4.78, 5) is 4.00. The van der Waals surface area contributed by atoms with Crippen molar-refractivity contribution in [2.45, 2.75) is 31.6 Å². The zero-order valence-electron chi connectivity index (χ0n) is 6.50. The van der Waals surface area contributed by atoms with Crippen molar-refractivity contribution in [3.8, 4) is 0 Å². The Morgan fingerprint density at radius 3 is 2.64 bits per heavy atom. The molecule has 0 bridgehead atoms. The minimum atomic E-state index is 0.140. The van der Waals surface area contributed by atoms with Gasteiger partial charge in [-0.25, -0.2) is 0 Å². The van der Waals surface area contributed by atoms with E-state index in [4.69, 9.17) is 10.3 Å². The molecule has 1 aromatic rings. The van der Waals surface area contributed by atoms with Gasteiger partial charge in [-0.05, 0) is 12.8 Å². The number of aromatic nitrogens is 2. The Morgan fingerprint density at radius 1 is 1.55 bits per heavy atom. The molecule has 1 aromatic heterocycles. The highest BCUT2D eigenvalue weighted by molar-refractivity contribution is 5.16. The van der Waals surface area contributed by atoms with Gasteiger partial charge < -0.3 is 10.3 Å². The van der Waals surface area contributed by atoms with Crippen LogP contribution in [0.2, 0.25) is 0 Å². The summed E-state index contributed by atoms with van der Waals surface area (Å²) >= 11 is 0. The molecule has 0 saturated heterocycles. The van der Waals surface area contributed by atoms with Crippen LogP contribution in [0.4, 0.5) is 6.01 Å². The molecule has 11 heavy (non-hydrogen) atoms.